The Morgan fingerprint density at radius 3 is 1.19 bits per heavy atom. The van der Waals surface area contributed by atoms with Crippen molar-refractivity contribution in [3.63, 3.8) is 0 Å². The number of aromatic nitrogens is 4. The molecule has 0 saturated heterocycles. The third kappa shape index (κ3) is 48.2. The lowest BCUT2D eigenvalue weighted by Crippen LogP contribution is -2.48. The van der Waals surface area contributed by atoms with Gasteiger partial charge in [0, 0.05) is 129 Å². The van der Waals surface area contributed by atoms with Crippen LogP contribution in [0.5, 0.6) is 17.2 Å². The molecular formula is C111H168N10O19. The van der Waals surface area contributed by atoms with Gasteiger partial charge in [-0.3, -0.25) is 53.6 Å². The lowest BCUT2D eigenvalue weighted by molar-refractivity contribution is -0.142. The molecule has 0 fully saturated rings. The number of aliphatic carboxylic acids is 2. The van der Waals surface area contributed by atoms with Gasteiger partial charge in [0.1, 0.15) is 28.7 Å². The number of hydrogen-bond acceptors (Lipinski definition) is 25. The number of nitrogens with two attached hydrogens (primary N) is 2. The van der Waals surface area contributed by atoms with Crippen molar-refractivity contribution in [1.82, 2.24) is 40.0 Å². The maximum atomic E-state index is 13.9. The third-order valence-electron chi connectivity index (χ3n) is 23.6. The Bertz CT molecular complexity index is 4870. The van der Waals surface area contributed by atoms with Crippen molar-refractivity contribution < 1.29 is 91.1 Å². The highest BCUT2D eigenvalue weighted by molar-refractivity contribution is 5.83. The topological polar surface area (TPSA) is 370 Å². The first-order valence-electron chi connectivity index (χ1n) is 48.4. The van der Waals surface area contributed by atoms with E-state index < -0.39 is 18.0 Å². The minimum Gasteiger partial charge on any atom is -0.497 e. The van der Waals surface area contributed by atoms with E-state index in [1.54, 1.807) is 71.7 Å². The summed E-state index contributed by atoms with van der Waals surface area (Å²) in [6.07, 6.45) is 6.35. The summed E-state index contributed by atoms with van der Waals surface area (Å²) in [7, 11) is 11.6. The summed E-state index contributed by atoms with van der Waals surface area (Å²) in [4.78, 5) is 94.3. The average Bonchev–Trinajstić information content (AvgIpc) is 0.842. The molecule has 29 heteroatoms. The van der Waals surface area contributed by atoms with Crippen molar-refractivity contribution in [2.24, 2.45) is 23.3 Å². The fourth-order valence-electron chi connectivity index (χ4n) is 15.2. The van der Waals surface area contributed by atoms with E-state index in [4.69, 9.17) is 78.8 Å². The lowest BCUT2D eigenvalue weighted by atomic mass is 9.90. The molecule has 4 heterocycles. The molecule has 29 nitrogen and oxygen atoms in total. The van der Waals surface area contributed by atoms with Crippen LogP contribution in [-0.4, -0.2) is 260 Å². The number of carboxylic acids is 2. The van der Waals surface area contributed by atoms with Gasteiger partial charge in [0.15, 0.2) is 6.29 Å². The predicted molar refractivity (Wildman–Crippen MR) is 557 cm³/mol. The molecule has 8 rings (SSSR count). The Balaban J connectivity index is 0.000000577. The van der Waals surface area contributed by atoms with Crippen LogP contribution in [0.4, 0.5) is 0 Å². The summed E-state index contributed by atoms with van der Waals surface area (Å²) < 4.78 is 59.0. The molecule has 7 atom stereocenters. The number of nitrogens with zero attached hydrogens (tertiary/aromatic N) is 7. The van der Waals surface area contributed by atoms with Crippen LogP contribution in [-0.2, 0) is 107 Å². The summed E-state index contributed by atoms with van der Waals surface area (Å²) in [5, 5.41) is 21.2. The highest BCUT2D eigenvalue weighted by Crippen LogP contribution is 2.30. The predicted octanol–water partition coefficient (Wildman–Crippen LogP) is 16.3. The molecule has 0 aliphatic carbocycles. The number of ether oxygens (including phenoxy) is 11. The molecule has 4 aromatic heterocycles. The molecule has 0 aliphatic rings. The maximum absolute atomic E-state index is 13.9. The zero-order valence-corrected chi connectivity index (χ0v) is 89.2. The molecule has 4 unspecified atom stereocenters. The Hall–Kier alpha value is -10.6. The number of pyridine rings is 4. The smallest absolute Gasteiger partial charge is 0.317 e. The van der Waals surface area contributed by atoms with Crippen LogP contribution in [0, 0.1) is 109 Å². The van der Waals surface area contributed by atoms with E-state index in [1.165, 1.54) is 11.1 Å². The first-order chi connectivity index (χ1) is 66.8. The van der Waals surface area contributed by atoms with Crippen LogP contribution in [0.2, 0.25) is 0 Å². The summed E-state index contributed by atoms with van der Waals surface area (Å²) >= 11 is 0. The lowest BCUT2D eigenvalue weighted by Gasteiger charge is -2.31. The largest absolute Gasteiger partial charge is 0.497 e. The number of Topliss-reactive ketones (excluding diaryl/α,β-unsaturated/α-hetero) is 1. The fourth-order valence-corrected chi connectivity index (χ4v) is 15.2. The van der Waals surface area contributed by atoms with Crippen molar-refractivity contribution in [1.29, 1.82) is 0 Å². The van der Waals surface area contributed by atoms with Gasteiger partial charge in [0.25, 0.3) is 0 Å². The summed E-state index contributed by atoms with van der Waals surface area (Å²) in [6.45, 7) is 52.3. The van der Waals surface area contributed by atoms with Gasteiger partial charge in [-0.1, -0.05) is 74.5 Å². The Morgan fingerprint density at radius 1 is 0.450 bits per heavy atom. The number of nitrogens with one attached hydrogen (secondary N) is 1. The van der Waals surface area contributed by atoms with Crippen LogP contribution in [0.15, 0.2) is 128 Å². The third-order valence-corrected chi connectivity index (χ3v) is 23.6. The molecule has 0 bridgehead atoms. The van der Waals surface area contributed by atoms with Gasteiger partial charge in [-0.25, -0.2) is 0 Å². The summed E-state index contributed by atoms with van der Waals surface area (Å²) in [6, 6.07) is 36.9. The van der Waals surface area contributed by atoms with E-state index >= 15 is 0 Å². The first-order valence-corrected chi connectivity index (χ1v) is 48.4. The summed E-state index contributed by atoms with van der Waals surface area (Å²) in [5.74, 6) is 0.417. The van der Waals surface area contributed by atoms with Gasteiger partial charge in [-0.15, -0.1) is 6.58 Å². The minimum absolute atomic E-state index is 0.0481. The van der Waals surface area contributed by atoms with Crippen molar-refractivity contribution in [2.45, 2.75) is 234 Å². The highest BCUT2D eigenvalue weighted by atomic mass is 16.5. The second kappa shape index (κ2) is 70.9. The van der Waals surface area contributed by atoms with Crippen LogP contribution < -0.4 is 31.0 Å². The van der Waals surface area contributed by atoms with Crippen LogP contribution in [0.25, 0.3) is 0 Å². The van der Waals surface area contributed by atoms with E-state index in [0.717, 1.165) is 150 Å². The van der Waals surface area contributed by atoms with Crippen LogP contribution >= 0.6 is 0 Å². The van der Waals surface area contributed by atoms with Gasteiger partial charge < -0.3 is 88.9 Å². The van der Waals surface area contributed by atoms with E-state index in [-0.39, 0.29) is 66.9 Å². The van der Waals surface area contributed by atoms with Crippen molar-refractivity contribution in [3.05, 3.63) is 251 Å². The zero-order chi connectivity index (χ0) is 105. The molecule has 0 radical (unpaired) electrons. The average molecular weight is 1950 g/mol. The minimum atomic E-state index is -0.933. The van der Waals surface area contributed by atoms with E-state index in [0.29, 0.717) is 136 Å². The first kappa shape index (κ1) is 125. The molecule has 7 N–H and O–H groups in total. The molecule has 0 aliphatic heterocycles. The quantitative estimate of drug-likeness (QED) is 0.0175. The van der Waals surface area contributed by atoms with E-state index in [1.807, 2.05) is 207 Å². The Kier molecular flexibility index (Phi) is 63.5. The van der Waals surface area contributed by atoms with E-state index in [2.05, 4.69) is 72.7 Å². The number of carboxylic acid groups (broad SMARTS) is 2. The molecule has 776 valence electrons. The fraction of sp³-hybridized carbons (Fsp3) is 0.532. The number of benzene rings is 4. The number of aryl methyl sites for hydroxylation is 15. The van der Waals surface area contributed by atoms with Gasteiger partial charge in [-0.05, 0) is 302 Å². The Morgan fingerprint density at radius 2 is 0.821 bits per heavy atom. The molecular weight excluding hydrogens is 1780 g/mol. The normalized spacial score (nSPS) is 12.3. The van der Waals surface area contributed by atoms with Crippen LogP contribution in [0.1, 0.15) is 189 Å². The number of aldehydes is 1. The number of hydrogen-bond donors (Lipinski definition) is 5. The molecule has 8 aromatic rings. The van der Waals surface area contributed by atoms with Gasteiger partial charge >= 0.3 is 11.9 Å². The molecule has 140 heavy (non-hydrogen) atoms. The van der Waals surface area contributed by atoms with Gasteiger partial charge in [0.05, 0.1) is 127 Å². The molecule has 2 amide bonds. The van der Waals surface area contributed by atoms with Crippen molar-refractivity contribution in [2.75, 3.05) is 148 Å². The molecule has 0 spiro atoms. The number of carbonyl (C=O) groups excluding carboxylic acids is 4. The van der Waals surface area contributed by atoms with Gasteiger partial charge in [-0.2, -0.15) is 0 Å². The number of ketones is 1. The maximum Gasteiger partial charge on any atom is 0.317 e. The van der Waals surface area contributed by atoms with Crippen molar-refractivity contribution >= 4 is 35.8 Å². The van der Waals surface area contributed by atoms with E-state index in [9.17, 15) is 28.8 Å². The van der Waals surface area contributed by atoms with Gasteiger partial charge in [0.2, 0.25) is 11.8 Å². The number of carbonyl (C=O) groups is 6. The number of amides is 2. The number of methoxy groups -OCH3 is 7. The zero-order valence-electron chi connectivity index (χ0n) is 89.2. The standard InChI is InChI=1S/C28H42N2O4.C26H39N3O4.C15H19NO3.C14H24N2O2.C14H20O3.C8H9NO.C6H15NO2/c1-9-23(15-27-20(4)13-25(33-8)14-21(27)5)28(31)30(17-26(18-32-7)34-10-2)16-24-12-11-19(3)22(6)29-24;1-8-33-23(16-31-6)15-29(14-21-10-9-17(2)20(5)28-21)26(30)25(27)13-24-18(3)11-22(32-7)12-19(24)4;1-2-10-16(12-15(18)19)11-14(17)9-8-13-6-4-3-5-7-13;1-5-18-14(10-17-4)9-15-8-13-7-6-11(2)12(3)16-13;1-5-11(14(15)16)8-13-9(2)6-12(17-4)7-10(13)3;1-6-3-4-8(5-10)9-7(6)2;1-3-9-6(4-7)5-8-2/h11-14,23,26H,9-10,15-18H2,1-8H3;9-12,23,25H,8,13-16,27H2,1-7H3;2-7H,1,8-12H2,(H,18,19);6-7,14-15H,5,8-10H2,1-4H3;6-7,11H,5,8H2,1-4H3,(H,15,16);3-5H,1-2H3;6H,3-5,7H2,1-2H3/t23-,26?;23?,25-;;;11-;;/m00..0../s1. The van der Waals surface area contributed by atoms with Crippen LogP contribution in [0.3, 0.4) is 0 Å². The van der Waals surface area contributed by atoms with Crippen molar-refractivity contribution in [3.8, 4) is 17.2 Å². The SMILES string of the molecule is C=CCN(CC(=O)O)CC(=O)CCc1ccccc1.CCOC(CN)COC.CCOC(CNCc1ccc(C)c(C)n1)COC.CCOC(COC)CN(Cc1ccc(C)c(C)n1)C(=O)[C@@H](CC)Cc1c(C)cc(OC)cc1C.CCOC(COC)CN(Cc1ccc(C)c(C)n1)C(=O)[C@@H](N)Cc1c(C)cc(OC)cc1C.CC[C@@H](Cc1c(C)cc(OC)cc1C)C(=O)O.Cc1ccc(C=O)nc1C. The Labute approximate surface area is 836 Å². The monoisotopic (exact) mass is 1950 g/mol. The number of rotatable bonds is 53. The second-order valence-electron chi connectivity index (χ2n) is 34.7. The highest BCUT2D eigenvalue weighted by Gasteiger charge is 2.30. The molecule has 0 saturated carbocycles. The second-order valence-corrected chi connectivity index (χ2v) is 34.7. The molecule has 4 aromatic carbocycles. The summed E-state index contributed by atoms with van der Waals surface area (Å²) in [5.41, 5.74) is 34.8.